The van der Waals surface area contributed by atoms with Crippen LogP contribution in [0.4, 0.5) is 16.2 Å². The lowest BCUT2D eigenvalue weighted by molar-refractivity contribution is 0.262. The standard InChI is InChI=1S/C16H15N3O/c1-11-5-3-6-12(2)15(11)19-16(20)18-14-8-4-7-13(9-14)10-17/h3-9H,1-2H3,(H2,18,19,20). The van der Waals surface area contributed by atoms with Crippen LogP contribution in [-0.2, 0) is 0 Å². The quantitative estimate of drug-likeness (QED) is 0.866. The van der Waals surface area contributed by atoms with E-state index < -0.39 is 0 Å². The molecular weight excluding hydrogens is 250 g/mol. The first-order valence-corrected chi connectivity index (χ1v) is 6.24. The van der Waals surface area contributed by atoms with Crippen molar-refractivity contribution in [2.75, 3.05) is 10.6 Å². The number of anilines is 2. The number of amides is 2. The van der Waals surface area contributed by atoms with Crippen molar-refractivity contribution >= 4 is 17.4 Å². The molecule has 0 aliphatic heterocycles. The predicted molar refractivity (Wildman–Crippen MR) is 79.7 cm³/mol. The molecule has 0 fully saturated rings. The fraction of sp³-hybridized carbons (Fsp3) is 0.125. The number of benzene rings is 2. The summed E-state index contributed by atoms with van der Waals surface area (Å²) >= 11 is 0. The number of nitriles is 1. The van der Waals surface area contributed by atoms with Gasteiger partial charge < -0.3 is 10.6 Å². The van der Waals surface area contributed by atoms with Crippen molar-refractivity contribution in [3.63, 3.8) is 0 Å². The Bertz CT molecular complexity index is 666. The summed E-state index contributed by atoms with van der Waals surface area (Å²) in [5.74, 6) is 0. The Balaban J connectivity index is 2.11. The number of nitrogens with one attached hydrogen (secondary N) is 2. The molecule has 0 aliphatic carbocycles. The van der Waals surface area contributed by atoms with Crippen molar-refractivity contribution in [1.82, 2.24) is 0 Å². The zero-order chi connectivity index (χ0) is 14.5. The number of rotatable bonds is 2. The molecule has 0 bridgehead atoms. The molecule has 0 saturated carbocycles. The van der Waals surface area contributed by atoms with Crippen LogP contribution in [0, 0.1) is 25.2 Å². The van der Waals surface area contributed by atoms with Crippen LogP contribution in [-0.4, -0.2) is 6.03 Å². The molecule has 2 amide bonds. The van der Waals surface area contributed by atoms with Crippen molar-refractivity contribution in [2.24, 2.45) is 0 Å². The Morgan fingerprint density at radius 2 is 1.70 bits per heavy atom. The van der Waals surface area contributed by atoms with Crippen LogP contribution in [0.3, 0.4) is 0 Å². The summed E-state index contributed by atoms with van der Waals surface area (Å²) in [5.41, 5.74) is 3.92. The van der Waals surface area contributed by atoms with Gasteiger partial charge in [-0.1, -0.05) is 24.3 Å². The Morgan fingerprint density at radius 1 is 1.05 bits per heavy atom. The molecule has 100 valence electrons. The lowest BCUT2D eigenvalue weighted by Gasteiger charge is -2.12. The van der Waals surface area contributed by atoms with Gasteiger partial charge in [0.25, 0.3) is 0 Å². The Hall–Kier alpha value is -2.80. The highest BCUT2D eigenvalue weighted by molar-refractivity contribution is 6.00. The highest BCUT2D eigenvalue weighted by Gasteiger charge is 2.07. The smallest absolute Gasteiger partial charge is 0.308 e. The van der Waals surface area contributed by atoms with E-state index in [1.54, 1.807) is 24.3 Å². The number of hydrogen-bond acceptors (Lipinski definition) is 2. The van der Waals surface area contributed by atoms with E-state index in [1.807, 2.05) is 38.1 Å². The topological polar surface area (TPSA) is 64.9 Å². The minimum atomic E-state index is -0.322. The van der Waals surface area contributed by atoms with Gasteiger partial charge in [-0.2, -0.15) is 5.26 Å². The van der Waals surface area contributed by atoms with E-state index in [1.165, 1.54) is 0 Å². The third-order valence-corrected chi connectivity index (χ3v) is 2.97. The average molecular weight is 265 g/mol. The molecule has 0 spiro atoms. The number of carbonyl (C=O) groups excluding carboxylic acids is 1. The Labute approximate surface area is 118 Å². The Morgan fingerprint density at radius 3 is 2.35 bits per heavy atom. The third-order valence-electron chi connectivity index (χ3n) is 2.97. The molecular formula is C16H15N3O. The van der Waals surface area contributed by atoms with E-state index >= 15 is 0 Å². The van der Waals surface area contributed by atoms with E-state index in [-0.39, 0.29) is 6.03 Å². The third kappa shape index (κ3) is 3.15. The summed E-state index contributed by atoms with van der Waals surface area (Å²) in [5, 5.41) is 14.4. The first-order valence-electron chi connectivity index (χ1n) is 6.24. The summed E-state index contributed by atoms with van der Waals surface area (Å²) in [4.78, 5) is 12.0. The second-order valence-electron chi connectivity index (χ2n) is 4.54. The van der Waals surface area contributed by atoms with Crippen LogP contribution >= 0.6 is 0 Å². The van der Waals surface area contributed by atoms with Crippen molar-refractivity contribution in [2.45, 2.75) is 13.8 Å². The molecule has 0 radical (unpaired) electrons. The summed E-state index contributed by atoms with van der Waals surface area (Å²) in [6.07, 6.45) is 0. The van der Waals surface area contributed by atoms with E-state index in [2.05, 4.69) is 10.6 Å². The predicted octanol–water partition coefficient (Wildman–Crippen LogP) is 3.82. The fourth-order valence-corrected chi connectivity index (χ4v) is 1.95. The molecule has 4 heteroatoms. The zero-order valence-electron chi connectivity index (χ0n) is 11.4. The van der Waals surface area contributed by atoms with E-state index in [4.69, 9.17) is 5.26 Å². The first kappa shape index (κ1) is 13.6. The maximum Gasteiger partial charge on any atom is 0.323 e. The number of urea groups is 1. The van der Waals surface area contributed by atoms with E-state index in [0.29, 0.717) is 11.3 Å². The molecule has 0 saturated heterocycles. The van der Waals surface area contributed by atoms with Crippen LogP contribution in [0.25, 0.3) is 0 Å². The molecule has 2 aromatic rings. The van der Waals surface area contributed by atoms with Gasteiger partial charge in [-0.05, 0) is 43.2 Å². The van der Waals surface area contributed by atoms with Gasteiger partial charge in [-0.25, -0.2) is 4.79 Å². The molecule has 0 unspecified atom stereocenters. The van der Waals surface area contributed by atoms with Gasteiger partial charge in [0.15, 0.2) is 0 Å². The van der Waals surface area contributed by atoms with Gasteiger partial charge in [0.2, 0.25) is 0 Å². The number of hydrogen-bond donors (Lipinski definition) is 2. The Kier molecular flexibility index (Phi) is 4.02. The highest BCUT2D eigenvalue weighted by atomic mass is 16.2. The van der Waals surface area contributed by atoms with Crippen LogP contribution < -0.4 is 10.6 Å². The molecule has 2 N–H and O–H groups in total. The van der Waals surface area contributed by atoms with E-state index in [0.717, 1.165) is 16.8 Å². The monoisotopic (exact) mass is 265 g/mol. The maximum absolute atomic E-state index is 12.0. The zero-order valence-corrected chi connectivity index (χ0v) is 11.4. The van der Waals surface area contributed by atoms with Crippen molar-refractivity contribution < 1.29 is 4.79 Å². The first-order chi connectivity index (χ1) is 9.60. The molecule has 20 heavy (non-hydrogen) atoms. The van der Waals surface area contributed by atoms with Gasteiger partial charge in [-0.3, -0.25) is 0 Å². The van der Waals surface area contributed by atoms with Gasteiger partial charge in [0.1, 0.15) is 0 Å². The second-order valence-corrected chi connectivity index (χ2v) is 4.54. The molecule has 4 nitrogen and oxygen atoms in total. The molecule has 0 aromatic heterocycles. The maximum atomic E-state index is 12.0. The summed E-state index contributed by atoms with van der Waals surface area (Å²) in [7, 11) is 0. The minimum Gasteiger partial charge on any atom is -0.308 e. The van der Waals surface area contributed by atoms with Crippen LogP contribution in [0.2, 0.25) is 0 Å². The molecule has 2 aromatic carbocycles. The highest BCUT2D eigenvalue weighted by Crippen LogP contribution is 2.19. The SMILES string of the molecule is Cc1cccc(C)c1NC(=O)Nc1cccc(C#N)c1. The largest absolute Gasteiger partial charge is 0.323 e. The number of para-hydroxylation sites is 1. The molecule has 0 aliphatic rings. The average Bonchev–Trinajstić information content (AvgIpc) is 2.43. The van der Waals surface area contributed by atoms with Gasteiger partial charge in [0, 0.05) is 11.4 Å². The number of aryl methyl sites for hydroxylation is 2. The lowest BCUT2D eigenvalue weighted by Crippen LogP contribution is -2.20. The molecule has 0 heterocycles. The van der Waals surface area contributed by atoms with Crippen LogP contribution in [0.1, 0.15) is 16.7 Å². The molecule has 2 rings (SSSR count). The summed E-state index contributed by atoms with van der Waals surface area (Å²) < 4.78 is 0. The lowest BCUT2D eigenvalue weighted by atomic mass is 10.1. The van der Waals surface area contributed by atoms with E-state index in [9.17, 15) is 4.79 Å². The number of carbonyl (C=O) groups is 1. The van der Waals surface area contributed by atoms with Crippen LogP contribution in [0.15, 0.2) is 42.5 Å². The minimum absolute atomic E-state index is 0.322. The fourth-order valence-electron chi connectivity index (χ4n) is 1.95. The summed E-state index contributed by atoms with van der Waals surface area (Å²) in [6, 6.07) is 14.3. The van der Waals surface area contributed by atoms with Crippen molar-refractivity contribution in [3.8, 4) is 6.07 Å². The normalized spacial score (nSPS) is 9.65. The second kappa shape index (κ2) is 5.89. The van der Waals surface area contributed by atoms with Crippen molar-refractivity contribution in [1.29, 1.82) is 5.26 Å². The van der Waals surface area contributed by atoms with Gasteiger partial charge in [-0.15, -0.1) is 0 Å². The van der Waals surface area contributed by atoms with Crippen molar-refractivity contribution in [3.05, 3.63) is 59.2 Å². The number of nitrogens with zero attached hydrogens (tertiary/aromatic N) is 1. The molecule has 0 atom stereocenters. The van der Waals surface area contributed by atoms with Crippen LogP contribution in [0.5, 0.6) is 0 Å². The van der Waals surface area contributed by atoms with Gasteiger partial charge >= 0.3 is 6.03 Å². The van der Waals surface area contributed by atoms with Gasteiger partial charge in [0.05, 0.1) is 11.6 Å². The summed E-state index contributed by atoms with van der Waals surface area (Å²) in [6.45, 7) is 3.89.